The lowest BCUT2D eigenvalue weighted by molar-refractivity contribution is -0.122. The molecule has 1 aliphatic heterocycles. The highest BCUT2D eigenvalue weighted by Crippen LogP contribution is 2.37. The molecule has 5 heteroatoms. The zero-order chi connectivity index (χ0) is 13.2. The standard InChI is InChI=1S/C14H13N3O2/c1-9-10-4-2-3-5-11(10)19-13(9)14(18)17-12-8-15-6-7-16-12/h2-9,13H,1H3,(H,16,17,18). The Morgan fingerprint density at radius 3 is 2.89 bits per heavy atom. The number of ether oxygens (including phenoxy) is 1. The van der Waals surface area contributed by atoms with Crippen LogP contribution in [0.5, 0.6) is 5.75 Å². The van der Waals surface area contributed by atoms with E-state index in [-0.39, 0.29) is 11.8 Å². The Bertz CT molecular complexity index is 601. The van der Waals surface area contributed by atoms with Gasteiger partial charge < -0.3 is 10.1 Å². The van der Waals surface area contributed by atoms with E-state index in [9.17, 15) is 4.79 Å². The fourth-order valence-electron chi connectivity index (χ4n) is 2.21. The lowest BCUT2D eigenvalue weighted by Gasteiger charge is -2.14. The van der Waals surface area contributed by atoms with Gasteiger partial charge in [-0.05, 0) is 6.07 Å². The maximum atomic E-state index is 12.2. The number of anilines is 1. The molecule has 1 aromatic heterocycles. The van der Waals surface area contributed by atoms with Crippen molar-refractivity contribution in [2.45, 2.75) is 18.9 Å². The zero-order valence-corrected chi connectivity index (χ0v) is 10.4. The predicted molar refractivity (Wildman–Crippen MR) is 69.9 cm³/mol. The summed E-state index contributed by atoms with van der Waals surface area (Å²) in [5.41, 5.74) is 1.06. The molecule has 3 rings (SSSR count). The van der Waals surface area contributed by atoms with Crippen molar-refractivity contribution in [1.82, 2.24) is 9.97 Å². The first-order valence-corrected chi connectivity index (χ1v) is 6.08. The molecule has 5 nitrogen and oxygen atoms in total. The van der Waals surface area contributed by atoms with E-state index in [2.05, 4.69) is 15.3 Å². The molecule has 0 saturated carbocycles. The summed E-state index contributed by atoms with van der Waals surface area (Å²) in [6.45, 7) is 1.98. The first kappa shape index (κ1) is 11.6. The van der Waals surface area contributed by atoms with Crippen LogP contribution < -0.4 is 10.1 Å². The van der Waals surface area contributed by atoms with Gasteiger partial charge >= 0.3 is 0 Å². The first-order valence-electron chi connectivity index (χ1n) is 6.08. The van der Waals surface area contributed by atoms with Gasteiger partial charge in [0.05, 0.1) is 6.20 Å². The highest BCUT2D eigenvalue weighted by atomic mass is 16.5. The molecule has 0 fully saturated rings. The normalized spacial score (nSPS) is 20.5. The molecule has 2 heterocycles. The SMILES string of the molecule is CC1c2ccccc2OC1C(=O)Nc1cnccn1. The van der Waals surface area contributed by atoms with Crippen LogP contribution in [0.15, 0.2) is 42.9 Å². The van der Waals surface area contributed by atoms with Crippen molar-refractivity contribution in [3.8, 4) is 5.75 Å². The summed E-state index contributed by atoms with van der Waals surface area (Å²) in [6.07, 6.45) is 4.06. The van der Waals surface area contributed by atoms with Crippen LogP contribution in [-0.4, -0.2) is 22.0 Å². The molecule has 0 spiro atoms. The Morgan fingerprint density at radius 1 is 1.32 bits per heavy atom. The third-order valence-corrected chi connectivity index (χ3v) is 3.19. The smallest absolute Gasteiger partial charge is 0.267 e. The first-order chi connectivity index (χ1) is 9.25. The number of aromatic nitrogens is 2. The van der Waals surface area contributed by atoms with Crippen LogP contribution >= 0.6 is 0 Å². The van der Waals surface area contributed by atoms with Crippen molar-refractivity contribution in [2.75, 3.05) is 5.32 Å². The van der Waals surface area contributed by atoms with Gasteiger partial charge in [0.2, 0.25) is 0 Å². The molecule has 2 unspecified atom stereocenters. The number of rotatable bonds is 2. The van der Waals surface area contributed by atoms with Gasteiger partial charge in [0.15, 0.2) is 11.9 Å². The number of carbonyl (C=O) groups excluding carboxylic acids is 1. The summed E-state index contributed by atoms with van der Waals surface area (Å²) in [6, 6.07) is 7.70. The Morgan fingerprint density at radius 2 is 2.16 bits per heavy atom. The molecule has 2 aromatic rings. The number of nitrogens with zero attached hydrogens (tertiary/aromatic N) is 2. The van der Waals surface area contributed by atoms with Crippen molar-refractivity contribution < 1.29 is 9.53 Å². The summed E-state index contributed by atoms with van der Waals surface area (Å²) in [4.78, 5) is 20.1. The molecule has 0 bridgehead atoms. The van der Waals surface area contributed by atoms with E-state index in [0.717, 1.165) is 11.3 Å². The Balaban J connectivity index is 1.77. The summed E-state index contributed by atoms with van der Waals surface area (Å²) < 4.78 is 5.69. The molecule has 96 valence electrons. The third kappa shape index (κ3) is 2.14. The quantitative estimate of drug-likeness (QED) is 0.891. The molecule has 0 aliphatic carbocycles. The van der Waals surface area contributed by atoms with Crippen LogP contribution in [-0.2, 0) is 4.79 Å². The minimum absolute atomic E-state index is 0.0212. The molecule has 1 aliphatic rings. The van der Waals surface area contributed by atoms with E-state index in [0.29, 0.717) is 5.82 Å². The van der Waals surface area contributed by atoms with Gasteiger partial charge in [-0.25, -0.2) is 4.98 Å². The summed E-state index contributed by atoms with van der Waals surface area (Å²) in [5.74, 6) is 1.02. The van der Waals surface area contributed by atoms with Crippen molar-refractivity contribution in [3.63, 3.8) is 0 Å². The van der Waals surface area contributed by atoms with Crippen molar-refractivity contribution in [3.05, 3.63) is 48.4 Å². The Labute approximate surface area is 110 Å². The van der Waals surface area contributed by atoms with Crippen LogP contribution in [0.25, 0.3) is 0 Å². The van der Waals surface area contributed by atoms with E-state index in [4.69, 9.17) is 4.74 Å². The minimum atomic E-state index is -0.528. The van der Waals surface area contributed by atoms with Gasteiger partial charge in [-0.1, -0.05) is 25.1 Å². The van der Waals surface area contributed by atoms with E-state index >= 15 is 0 Å². The maximum absolute atomic E-state index is 12.2. The number of hydrogen-bond acceptors (Lipinski definition) is 4. The fourth-order valence-corrected chi connectivity index (χ4v) is 2.21. The lowest BCUT2D eigenvalue weighted by atomic mass is 9.97. The second-order valence-corrected chi connectivity index (χ2v) is 4.44. The molecular formula is C14H13N3O2. The zero-order valence-electron chi connectivity index (χ0n) is 10.4. The number of benzene rings is 1. The number of fused-ring (bicyclic) bond motifs is 1. The molecule has 1 amide bonds. The summed E-state index contributed by atoms with van der Waals surface area (Å²) in [7, 11) is 0. The average Bonchev–Trinajstić information content (AvgIpc) is 2.78. The average molecular weight is 255 g/mol. The third-order valence-electron chi connectivity index (χ3n) is 3.19. The van der Waals surface area contributed by atoms with Crippen LogP contribution in [0.2, 0.25) is 0 Å². The van der Waals surface area contributed by atoms with Crippen LogP contribution in [0.4, 0.5) is 5.82 Å². The van der Waals surface area contributed by atoms with E-state index in [1.54, 1.807) is 6.20 Å². The molecule has 1 N–H and O–H groups in total. The topological polar surface area (TPSA) is 64.1 Å². The van der Waals surface area contributed by atoms with Gasteiger partial charge in [-0.3, -0.25) is 9.78 Å². The number of amides is 1. The van der Waals surface area contributed by atoms with Crippen molar-refractivity contribution >= 4 is 11.7 Å². The fraction of sp³-hybridized carbons (Fsp3) is 0.214. The highest BCUT2D eigenvalue weighted by molar-refractivity contribution is 5.94. The van der Waals surface area contributed by atoms with Gasteiger partial charge in [-0.15, -0.1) is 0 Å². The van der Waals surface area contributed by atoms with Crippen LogP contribution in [0.1, 0.15) is 18.4 Å². The summed E-state index contributed by atoms with van der Waals surface area (Å²) in [5, 5.41) is 2.71. The Hall–Kier alpha value is -2.43. The number of para-hydroxylation sites is 1. The molecule has 0 radical (unpaired) electrons. The van der Waals surface area contributed by atoms with Gasteiger partial charge in [0.1, 0.15) is 5.75 Å². The molecule has 0 saturated heterocycles. The monoisotopic (exact) mass is 255 g/mol. The largest absolute Gasteiger partial charge is 0.480 e. The molecule has 2 atom stereocenters. The van der Waals surface area contributed by atoms with E-state index < -0.39 is 6.10 Å². The molecule has 19 heavy (non-hydrogen) atoms. The molecule has 1 aromatic carbocycles. The lowest BCUT2D eigenvalue weighted by Crippen LogP contribution is -2.33. The highest BCUT2D eigenvalue weighted by Gasteiger charge is 2.36. The number of carbonyl (C=O) groups is 1. The van der Waals surface area contributed by atoms with Crippen molar-refractivity contribution in [2.24, 2.45) is 0 Å². The summed E-state index contributed by atoms with van der Waals surface area (Å²) >= 11 is 0. The minimum Gasteiger partial charge on any atom is -0.480 e. The number of hydrogen-bond donors (Lipinski definition) is 1. The number of nitrogens with one attached hydrogen (secondary N) is 1. The predicted octanol–water partition coefficient (Wildman–Crippen LogP) is 1.98. The Kier molecular flexibility index (Phi) is 2.87. The van der Waals surface area contributed by atoms with Gasteiger partial charge in [-0.2, -0.15) is 0 Å². The second kappa shape index (κ2) is 4.68. The van der Waals surface area contributed by atoms with Crippen LogP contribution in [0.3, 0.4) is 0 Å². The van der Waals surface area contributed by atoms with Crippen LogP contribution in [0, 0.1) is 0 Å². The molecular weight excluding hydrogens is 242 g/mol. The van der Waals surface area contributed by atoms with Gasteiger partial charge in [0.25, 0.3) is 5.91 Å². The van der Waals surface area contributed by atoms with E-state index in [1.807, 2.05) is 31.2 Å². The van der Waals surface area contributed by atoms with E-state index in [1.165, 1.54) is 12.4 Å². The van der Waals surface area contributed by atoms with Gasteiger partial charge in [0, 0.05) is 23.9 Å². The maximum Gasteiger partial charge on any atom is 0.267 e. The second-order valence-electron chi connectivity index (χ2n) is 4.44. The van der Waals surface area contributed by atoms with Crippen molar-refractivity contribution in [1.29, 1.82) is 0 Å².